The van der Waals surface area contributed by atoms with Gasteiger partial charge in [0.2, 0.25) is 0 Å². The third-order valence-electron chi connectivity index (χ3n) is 5.14. The Bertz CT molecular complexity index is 1220. The first-order chi connectivity index (χ1) is 15.0. The molecule has 168 valence electrons. The summed E-state index contributed by atoms with van der Waals surface area (Å²) in [4.78, 5) is 35.3. The van der Waals surface area contributed by atoms with Crippen LogP contribution in [-0.4, -0.2) is 57.1 Å². The van der Waals surface area contributed by atoms with Gasteiger partial charge in [0.25, 0.3) is 11.8 Å². The topological polar surface area (TPSA) is 87.1 Å². The third kappa shape index (κ3) is 3.62. The number of H-pyrrole nitrogens is 1. The molecule has 0 spiro atoms. The van der Waals surface area contributed by atoms with Crippen LogP contribution in [0.15, 0.2) is 30.6 Å². The Morgan fingerprint density at radius 2 is 2.03 bits per heavy atom. The van der Waals surface area contributed by atoms with Gasteiger partial charge in [-0.25, -0.2) is 4.98 Å². The molecule has 1 aliphatic rings. The maximum absolute atomic E-state index is 13.3. The summed E-state index contributed by atoms with van der Waals surface area (Å²) in [7, 11) is 3.18. The summed E-state index contributed by atoms with van der Waals surface area (Å²) in [6.45, 7) is 2.02. The Labute approximate surface area is 185 Å². The maximum Gasteiger partial charge on any atom is 0.417 e. The predicted molar refractivity (Wildman–Crippen MR) is 111 cm³/mol. The average molecular weight is 467 g/mol. The molecule has 0 radical (unpaired) electrons. The number of hydrogen-bond acceptors (Lipinski definition) is 4. The molecule has 3 heterocycles. The molecule has 1 atom stereocenters. The van der Waals surface area contributed by atoms with E-state index in [1.807, 2.05) is 6.92 Å². The molecule has 2 aromatic heterocycles. The van der Waals surface area contributed by atoms with Gasteiger partial charge in [0.1, 0.15) is 5.69 Å². The lowest BCUT2D eigenvalue weighted by Gasteiger charge is -2.32. The van der Waals surface area contributed by atoms with Gasteiger partial charge in [-0.2, -0.15) is 18.3 Å². The van der Waals surface area contributed by atoms with E-state index in [1.54, 1.807) is 18.8 Å². The zero-order chi connectivity index (χ0) is 23.4. The first-order valence-electron chi connectivity index (χ1n) is 9.52. The van der Waals surface area contributed by atoms with Gasteiger partial charge in [0.15, 0.2) is 5.82 Å². The molecule has 0 unspecified atom stereocenters. The number of amides is 2. The first-order valence-corrected chi connectivity index (χ1v) is 9.90. The summed E-state index contributed by atoms with van der Waals surface area (Å²) in [6.07, 6.45) is -1.62. The minimum absolute atomic E-state index is 0.104. The number of fused-ring (bicyclic) bond motifs is 1. The van der Waals surface area contributed by atoms with E-state index >= 15 is 0 Å². The van der Waals surface area contributed by atoms with E-state index in [0.717, 1.165) is 12.1 Å². The smallest absolute Gasteiger partial charge is 0.342 e. The fourth-order valence-electron chi connectivity index (χ4n) is 3.55. The monoisotopic (exact) mass is 466 g/mol. The summed E-state index contributed by atoms with van der Waals surface area (Å²) in [5, 5.41) is 3.80. The standard InChI is InChI=1S/C20H18ClF3N6O2/c1-10-9-29(11-4-5-13(14(21)6-11)20(22,23)24)18(31)16-12(7-26-30(10)16)15-8-25-17(27-15)19(32)28(2)3/h4-8,10H,9H2,1-3H3,(H,25,27)/t10-/m0/s1. The van der Waals surface area contributed by atoms with Crippen molar-refractivity contribution in [3.8, 4) is 11.3 Å². The number of carbonyl (C=O) groups is 2. The largest absolute Gasteiger partial charge is 0.417 e. The lowest BCUT2D eigenvalue weighted by molar-refractivity contribution is -0.137. The SMILES string of the molecule is C[C@H]1CN(c2ccc(C(F)(F)F)c(Cl)c2)C(=O)c2c(-c3c[nH]c(C(=O)N(C)C)n3)cnn21. The second kappa shape index (κ2) is 7.66. The van der Waals surface area contributed by atoms with E-state index < -0.39 is 22.7 Å². The maximum atomic E-state index is 13.3. The average Bonchev–Trinajstić information content (AvgIpc) is 3.36. The summed E-state index contributed by atoms with van der Waals surface area (Å²) >= 11 is 5.86. The van der Waals surface area contributed by atoms with Crippen molar-refractivity contribution in [3.63, 3.8) is 0 Å². The van der Waals surface area contributed by atoms with Crippen LogP contribution >= 0.6 is 11.6 Å². The number of benzene rings is 1. The van der Waals surface area contributed by atoms with Gasteiger partial charge >= 0.3 is 6.18 Å². The van der Waals surface area contributed by atoms with Crippen LogP contribution in [0.4, 0.5) is 18.9 Å². The Morgan fingerprint density at radius 1 is 1.31 bits per heavy atom. The zero-order valence-electron chi connectivity index (χ0n) is 17.2. The number of aromatic nitrogens is 4. The highest BCUT2D eigenvalue weighted by Crippen LogP contribution is 2.38. The molecule has 12 heteroatoms. The van der Waals surface area contributed by atoms with Gasteiger partial charge < -0.3 is 14.8 Å². The van der Waals surface area contributed by atoms with Crippen molar-refractivity contribution in [2.75, 3.05) is 25.5 Å². The van der Waals surface area contributed by atoms with Crippen LogP contribution < -0.4 is 4.90 Å². The van der Waals surface area contributed by atoms with Crippen LogP contribution in [0.1, 0.15) is 39.6 Å². The van der Waals surface area contributed by atoms with Gasteiger partial charge in [-0.1, -0.05) is 11.6 Å². The molecule has 0 saturated carbocycles. The number of halogens is 4. The van der Waals surface area contributed by atoms with Crippen molar-refractivity contribution in [1.82, 2.24) is 24.6 Å². The lowest BCUT2D eigenvalue weighted by Crippen LogP contribution is -2.42. The molecule has 1 aromatic carbocycles. The minimum atomic E-state index is -4.59. The first kappa shape index (κ1) is 21.9. The Hall–Kier alpha value is -3.34. The van der Waals surface area contributed by atoms with Gasteiger partial charge in [0, 0.05) is 32.5 Å². The molecule has 1 aliphatic heterocycles. The molecule has 8 nitrogen and oxygen atoms in total. The molecule has 32 heavy (non-hydrogen) atoms. The van der Waals surface area contributed by atoms with Gasteiger partial charge in [-0.05, 0) is 25.1 Å². The molecular formula is C20H18ClF3N6O2. The second-order valence-electron chi connectivity index (χ2n) is 7.61. The minimum Gasteiger partial charge on any atom is -0.342 e. The number of nitrogens with one attached hydrogen (secondary N) is 1. The number of rotatable bonds is 3. The van der Waals surface area contributed by atoms with Crippen LogP contribution in [0.2, 0.25) is 5.02 Å². The number of nitrogens with zero attached hydrogens (tertiary/aromatic N) is 5. The molecule has 0 saturated heterocycles. The molecule has 0 aliphatic carbocycles. The van der Waals surface area contributed by atoms with Crippen molar-refractivity contribution < 1.29 is 22.8 Å². The van der Waals surface area contributed by atoms with E-state index in [1.165, 1.54) is 28.3 Å². The molecule has 1 N–H and O–H groups in total. The second-order valence-corrected chi connectivity index (χ2v) is 8.02. The van der Waals surface area contributed by atoms with Crippen LogP contribution in [0.25, 0.3) is 11.3 Å². The normalized spacial score (nSPS) is 16.3. The highest BCUT2D eigenvalue weighted by Gasteiger charge is 2.37. The molecule has 3 aromatic rings. The van der Waals surface area contributed by atoms with Crippen molar-refractivity contribution >= 4 is 29.1 Å². The number of carbonyl (C=O) groups excluding carboxylic acids is 2. The quantitative estimate of drug-likeness (QED) is 0.635. The number of alkyl halides is 3. The molecule has 4 rings (SSSR count). The fraction of sp³-hybridized carbons (Fsp3) is 0.300. The van der Waals surface area contributed by atoms with Crippen LogP contribution in [0, 0.1) is 0 Å². The van der Waals surface area contributed by atoms with Gasteiger partial charge in [-0.15, -0.1) is 0 Å². The van der Waals surface area contributed by atoms with Gasteiger partial charge in [-0.3, -0.25) is 14.3 Å². The van der Waals surface area contributed by atoms with Crippen LogP contribution in [0.5, 0.6) is 0 Å². The van der Waals surface area contributed by atoms with E-state index in [9.17, 15) is 22.8 Å². The number of anilines is 1. The van der Waals surface area contributed by atoms with Gasteiger partial charge in [0.05, 0.1) is 34.1 Å². The van der Waals surface area contributed by atoms with Crippen molar-refractivity contribution in [2.24, 2.45) is 0 Å². The lowest BCUT2D eigenvalue weighted by atomic mass is 10.1. The Morgan fingerprint density at radius 3 is 2.66 bits per heavy atom. The molecular weight excluding hydrogens is 449 g/mol. The molecule has 0 fully saturated rings. The van der Waals surface area contributed by atoms with E-state index in [0.29, 0.717) is 11.3 Å². The predicted octanol–water partition coefficient (Wildman–Crippen LogP) is 3.87. The Balaban J connectivity index is 1.73. The summed E-state index contributed by atoms with van der Waals surface area (Å²) in [6, 6.07) is 2.94. The number of hydrogen-bond donors (Lipinski definition) is 1. The molecule has 2 amide bonds. The van der Waals surface area contributed by atoms with E-state index in [4.69, 9.17) is 11.6 Å². The van der Waals surface area contributed by atoms with Crippen LogP contribution in [-0.2, 0) is 6.18 Å². The summed E-state index contributed by atoms with van der Waals surface area (Å²) in [5.41, 5.74) is 0.238. The summed E-state index contributed by atoms with van der Waals surface area (Å²) in [5.74, 6) is -0.694. The number of imidazole rings is 1. The van der Waals surface area contributed by atoms with Crippen molar-refractivity contribution in [2.45, 2.75) is 19.1 Å². The Kier molecular flexibility index (Phi) is 5.24. The zero-order valence-corrected chi connectivity index (χ0v) is 18.0. The summed E-state index contributed by atoms with van der Waals surface area (Å²) < 4.78 is 40.7. The van der Waals surface area contributed by atoms with Crippen molar-refractivity contribution in [1.29, 1.82) is 0 Å². The van der Waals surface area contributed by atoms with E-state index in [-0.39, 0.29) is 35.7 Å². The highest BCUT2D eigenvalue weighted by molar-refractivity contribution is 6.31. The fourth-order valence-corrected chi connectivity index (χ4v) is 3.84. The highest BCUT2D eigenvalue weighted by atomic mass is 35.5. The molecule has 0 bridgehead atoms. The van der Waals surface area contributed by atoms with Crippen LogP contribution in [0.3, 0.4) is 0 Å². The third-order valence-corrected chi connectivity index (χ3v) is 5.45. The van der Waals surface area contributed by atoms with Crippen molar-refractivity contribution in [3.05, 3.63) is 52.7 Å². The van der Waals surface area contributed by atoms with E-state index in [2.05, 4.69) is 15.1 Å². The number of aromatic amines is 1.